The number of aliphatic hydroxyl groups excluding tert-OH is 5. The second-order valence-corrected chi connectivity index (χ2v) is 5.28. The molecule has 1 aliphatic heterocycles. The summed E-state index contributed by atoms with van der Waals surface area (Å²) in [7, 11) is 0. The van der Waals surface area contributed by atoms with Crippen LogP contribution >= 0.6 is 0 Å². The molecule has 0 spiro atoms. The van der Waals surface area contributed by atoms with Crippen LogP contribution < -0.4 is 5.73 Å². The second-order valence-electron chi connectivity index (χ2n) is 5.28. The van der Waals surface area contributed by atoms with Gasteiger partial charge < -0.3 is 40.7 Å². The summed E-state index contributed by atoms with van der Waals surface area (Å²) in [6.07, 6.45) is -5.30. The number of ether oxygens (including phenoxy) is 2. The Morgan fingerprint density at radius 2 is 1.82 bits per heavy atom. The van der Waals surface area contributed by atoms with E-state index in [1.165, 1.54) is 0 Å². The summed E-state index contributed by atoms with van der Waals surface area (Å²) in [5.41, 5.74) is 5.37. The molecule has 0 amide bonds. The molecule has 0 radical (unpaired) electrons. The van der Waals surface area contributed by atoms with Gasteiger partial charge in [0.1, 0.15) is 24.4 Å². The van der Waals surface area contributed by atoms with Crippen molar-refractivity contribution in [3.63, 3.8) is 0 Å². The number of carbonyl (C=O) groups excluding carboxylic acids is 1. The number of ketones is 1. The highest BCUT2D eigenvalue weighted by Crippen LogP contribution is 2.22. The lowest BCUT2D eigenvalue weighted by Crippen LogP contribution is -2.59. The average Bonchev–Trinajstić information content (AvgIpc) is 2.53. The van der Waals surface area contributed by atoms with Crippen LogP contribution in [-0.2, 0) is 14.3 Å². The lowest BCUT2D eigenvalue weighted by atomic mass is 9.99. The summed E-state index contributed by atoms with van der Waals surface area (Å²) in [5, 5.41) is 46.7. The Bertz CT molecular complexity index is 340. The molecule has 0 aliphatic carbocycles. The highest BCUT2D eigenvalue weighted by molar-refractivity contribution is 5.83. The highest BCUT2D eigenvalue weighted by Gasteiger charge is 2.43. The molecular formula is C13H25NO8. The summed E-state index contributed by atoms with van der Waals surface area (Å²) in [6.45, 7) is -0.747. The molecule has 0 saturated carbocycles. The first kappa shape index (κ1) is 19.4. The van der Waals surface area contributed by atoms with E-state index in [2.05, 4.69) is 0 Å². The summed E-state index contributed by atoms with van der Waals surface area (Å²) < 4.78 is 10.4. The van der Waals surface area contributed by atoms with Crippen LogP contribution in [0.5, 0.6) is 0 Å². The Balaban J connectivity index is 2.28. The van der Waals surface area contributed by atoms with E-state index in [9.17, 15) is 20.1 Å². The van der Waals surface area contributed by atoms with Crippen LogP contribution in [0.4, 0.5) is 0 Å². The smallest absolute Gasteiger partial charge is 0.186 e. The van der Waals surface area contributed by atoms with Gasteiger partial charge in [-0.3, -0.25) is 4.79 Å². The number of rotatable bonds is 9. The van der Waals surface area contributed by atoms with E-state index in [0.717, 1.165) is 0 Å². The van der Waals surface area contributed by atoms with Crippen molar-refractivity contribution in [1.29, 1.82) is 0 Å². The Labute approximate surface area is 128 Å². The lowest BCUT2D eigenvalue weighted by molar-refractivity contribution is -0.301. The van der Waals surface area contributed by atoms with E-state index in [0.29, 0.717) is 12.8 Å². The molecule has 1 heterocycles. The van der Waals surface area contributed by atoms with E-state index in [1.54, 1.807) is 0 Å². The molecule has 22 heavy (non-hydrogen) atoms. The molecule has 7 N–H and O–H groups in total. The quantitative estimate of drug-likeness (QED) is 0.241. The maximum absolute atomic E-state index is 11.4. The molecule has 9 heteroatoms. The number of hydrogen-bond donors (Lipinski definition) is 6. The molecule has 1 fully saturated rings. The van der Waals surface area contributed by atoms with Crippen LogP contribution in [0.3, 0.4) is 0 Å². The van der Waals surface area contributed by atoms with Crippen LogP contribution in [0.1, 0.15) is 19.3 Å². The van der Waals surface area contributed by atoms with Crippen molar-refractivity contribution in [3.8, 4) is 0 Å². The Hall–Kier alpha value is -0.650. The fraction of sp³-hybridized carbons (Fsp3) is 0.923. The monoisotopic (exact) mass is 323 g/mol. The van der Waals surface area contributed by atoms with E-state index >= 15 is 0 Å². The van der Waals surface area contributed by atoms with Gasteiger partial charge in [0.15, 0.2) is 12.1 Å². The van der Waals surface area contributed by atoms with E-state index in [-0.39, 0.29) is 25.4 Å². The van der Waals surface area contributed by atoms with Crippen molar-refractivity contribution < 1.29 is 39.8 Å². The zero-order valence-electron chi connectivity index (χ0n) is 12.2. The van der Waals surface area contributed by atoms with Crippen molar-refractivity contribution in [3.05, 3.63) is 0 Å². The first-order chi connectivity index (χ1) is 10.4. The van der Waals surface area contributed by atoms with Gasteiger partial charge in [-0.1, -0.05) is 0 Å². The molecule has 0 aromatic carbocycles. The Morgan fingerprint density at radius 1 is 1.14 bits per heavy atom. The van der Waals surface area contributed by atoms with E-state index < -0.39 is 43.4 Å². The molecule has 9 nitrogen and oxygen atoms in total. The molecule has 0 aromatic rings. The minimum absolute atomic E-state index is 0.157. The van der Waals surface area contributed by atoms with Gasteiger partial charge in [0.25, 0.3) is 0 Å². The summed E-state index contributed by atoms with van der Waals surface area (Å²) in [6, 6.07) is -0.869. The predicted molar refractivity (Wildman–Crippen MR) is 73.6 cm³/mol. The minimum Gasteiger partial charge on any atom is -0.394 e. The van der Waals surface area contributed by atoms with Crippen LogP contribution in [0, 0.1) is 0 Å². The summed E-state index contributed by atoms with van der Waals surface area (Å²) >= 11 is 0. The van der Waals surface area contributed by atoms with Crippen molar-refractivity contribution in [2.45, 2.75) is 56.0 Å². The van der Waals surface area contributed by atoms with Gasteiger partial charge in [-0.05, 0) is 12.8 Å². The van der Waals surface area contributed by atoms with Gasteiger partial charge in [0.2, 0.25) is 0 Å². The molecular weight excluding hydrogens is 298 g/mol. The van der Waals surface area contributed by atoms with Gasteiger partial charge in [-0.25, -0.2) is 0 Å². The minimum atomic E-state index is -1.47. The van der Waals surface area contributed by atoms with Crippen LogP contribution in [0.2, 0.25) is 0 Å². The van der Waals surface area contributed by atoms with Gasteiger partial charge >= 0.3 is 0 Å². The summed E-state index contributed by atoms with van der Waals surface area (Å²) in [4.78, 5) is 11.4. The molecule has 1 saturated heterocycles. The zero-order valence-corrected chi connectivity index (χ0v) is 12.2. The van der Waals surface area contributed by atoms with Crippen LogP contribution in [-0.4, -0.2) is 87.9 Å². The van der Waals surface area contributed by atoms with Crippen molar-refractivity contribution in [1.82, 2.24) is 0 Å². The summed E-state index contributed by atoms with van der Waals surface area (Å²) in [5.74, 6) is -0.240. The molecule has 0 aromatic heterocycles. The number of aliphatic hydroxyl groups is 5. The van der Waals surface area contributed by atoms with Crippen molar-refractivity contribution >= 4 is 5.78 Å². The third-order valence-corrected chi connectivity index (χ3v) is 3.56. The topological polar surface area (TPSA) is 163 Å². The zero-order chi connectivity index (χ0) is 16.7. The fourth-order valence-corrected chi connectivity index (χ4v) is 2.09. The molecule has 5 unspecified atom stereocenters. The maximum Gasteiger partial charge on any atom is 0.186 e. The molecule has 0 bridgehead atoms. The first-order valence-corrected chi connectivity index (χ1v) is 7.23. The average molecular weight is 323 g/mol. The van der Waals surface area contributed by atoms with E-state index in [4.69, 9.17) is 25.4 Å². The van der Waals surface area contributed by atoms with Crippen molar-refractivity contribution in [2.75, 3.05) is 19.8 Å². The number of unbranched alkanes of at least 4 members (excludes halogenated alkanes) is 1. The Kier molecular flexibility index (Phi) is 8.36. The van der Waals surface area contributed by atoms with Crippen molar-refractivity contribution in [2.24, 2.45) is 5.73 Å². The van der Waals surface area contributed by atoms with Crippen LogP contribution in [0.25, 0.3) is 0 Å². The molecule has 1 aliphatic rings. The molecule has 1 rings (SSSR count). The van der Waals surface area contributed by atoms with E-state index in [1.807, 2.05) is 0 Å². The maximum atomic E-state index is 11.4. The van der Waals surface area contributed by atoms with Gasteiger partial charge in [-0.2, -0.15) is 0 Å². The number of Topliss-reactive ketones (excluding diaryl/α,β-unsaturated/α-hetero) is 1. The lowest BCUT2D eigenvalue weighted by Gasteiger charge is -2.39. The second kappa shape index (κ2) is 9.48. The largest absolute Gasteiger partial charge is 0.394 e. The first-order valence-electron chi connectivity index (χ1n) is 7.23. The standard InChI is InChI=1S/C13H25NO8/c14-7(5-15)8(17)3-1-2-4-21-13-12(20)11(19)10(18)9(6-16)22-13/h7,9-13,15-16,18-20H,1-6,14H2/t7-,9?,10?,11?,12?,13?/m0/s1. The number of hydrogen-bond acceptors (Lipinski definition) is 9. The predicted octanol–water partition coefficient (Wildman–Crippen LogP) is -3.14. The Morgan fingerprint density at radius 3 is 2.41 bits per heavy atom. The molecule has 6 atom stereocenters. The normalized spacial score (nSPS) is 33.6. The van der Waals surface area contributed by atoms with Gasteiger partial charge in [-0.15, -0.1) is 0 Å². The molecule has 130 valence electrons. The van der Waals surface area contributed by atoms with Gasteiger partial charge in [0, 0.05) is 13.0 Å². The number of carbonyl (C=O) groups is 1. The third kappa shape index (κ3) is 5.21. The van der Waals surface area contributed by atoms with Gasteiger partial charge in [0.05, 0.1) is 19.3 Å². The third-order valence-electron chi connectivity index (χ3n) is 3.56. The van der Waals surface area contributed by atoms with Crippen LogP contribution in [0.15, 0.2) is 0 Å². The highest BCUT2D eigenvalue weighted by atomic mass is 16.7. The fourth-order valence-electron chi connectivity index (χ4n) is 2.09. The number of nitrogens with two attached hydrogens (primary N) is 1. The SMILES string of the molecule is N[C@@H](CO)C(=O)CCCCOC1OC(CO)C(O)C(O)C1O.